The first-order chi connectivity index (χ1) is 5.38. The highest BCUT2D eigenvalue weighted by atomic mass is 79.9. The molecule has 66 valence electrons. The molecular weight excluding hydrogens is 206 g/mol. The number of rotatable bonds is 4. The smallest absolute Gasteiger partial charge is 0.0589 e. The second-order valence-electron chi connectivity index (χ2n) is 2.98. The van der Waals surface area contributed by atoms with Gasteiger partial charge in [-0.15, -0.1) is 0 Å². The quantitative estimate of drug-likeness (QED) is 0.668. The fourth-order valence-corrected chi connectivity index (χ4v) is 2.31. The highest BCUT2D eigenvalue weighted by Gasteiger charge is 2.22. The monoisotopic (exact) mass is 221 g/mol. The molecule has 0 spiro atoms. The van der Waals surface area contributed by atoms with E-state index in [1.807, 2.05) is 0 Å². The molecule has 2 nitrogen and oxygen atoms in total. The van der Waals surface area contributed by atoms with Gasteiger partial charge in [0.15, 0.2) is 0 Å². The van der Waals surface area contributed by atoms with Crippen molar-refractivity contribution >= 4 is 15.9 Å². The number of hydrogen-bond donors (Lipinski definition) is 0. The topological polar surface area (TPSA) is 12.5 Å². The summed E-state index contributed by atoms with van der Waals surface area (Å²) in [5.41, 5.74) is 0. The first-order valence-electron chi connectivity index (χ1n) is 4.17. The Morgan fingerprint density at radius 1 is 1.64 bits per heavy atom. The molecule has 1 aliphatic rings. The van der Waals surface area contributed by atoms with E-state index in [0.717, 1.165) is 24.5 Å². The Kier molecular flexibility index (Phi) is 4.41. The third kappa shape index (κ3) is 2.73. The minimum Gasteiger partial charge on any atom is -0.383 e. The minimum atomic E-state index is 0.755. The Bertz CT molecular complexity index is 110. The van der Waals surface area contributed by atoms with Gasteiger partial charge in [0.2, 0.25) is 0 Å². The van der Waals surface area contributed by atoms with Gasteiger partial charge in [-0.1, -0.05) is 15.9 Å². The molecule has 11 heavy (non-hydrogen) atoms. The molecule has 0 radical (unpaired) electrons. The Morgan fingerprint density at radius 2 is 2.45 bits per heavy atom. The lowest BCUT2D eigenvalue weighted by Gasteiger charge is -2.21. The second-order valence-corrected chi connectivity index (χ2v) is 3.63. The predicted molar refractivity (Wildman–Crippen MR) is 50.3 cm³/mol. The van der Waals surface area contributed by atoms with Gasteiger partial charge in [-0.05, 0) is 19.4 Å². The Labute approximate surface area is 77.0 Å². The summed E-state index contributed by atoms with van der Waals surface area (Å²) >= 11 is 3.53. The number of methoxy groups -OCH3 is 1. The molecule has 1 aliphatic heterocycles. The molecule has 0 aliphatic carbocycles. The van der Waals surface area contributed by atoms with Crippen molar-refractivity contribution in [3.63, 3.8) is 0 Å². The summed E-state index contributed by atoms with van der Waals surface area (Å²) in [4.78, 5) is 2.50. The summed E-state index contributed by atoms with van der Waals surface area (Å²) in [7, 11) is 1.76. The molecule has 0 aromatic carbocycles. The predicted octanol–water partition coefficient (Wildman–Crippen LogP) is 1.49. The maximum absolute atomic E-state index is 5.04. The Hall–Kier alpha value is 0.400. The largest absolute Gasteiger partial charge is 0.383 e. The third-order valence-electron chi connectivity index (χ3n) is 2.26. The van der Waals surface area contributed by atoms with Gasteiger partial charge in [0, 0.05) is 25.0 Å². The van der Waals surface area contributed by atoms with E-state index in [0.29, 0.717) is 0 Å². The molecule has 0 amide bonds. The van der Waals surface area contributed by atoms with Crippen LogP contribution in [0.25, 0.3) is 0 Å². The van der Waals surface area contributed by atoms with Crippen LogP contribution in [-0.4, -0.2) is 43.1 Å². The number of halogens is 1. The van der Waals surface area contributed by atoms with Crippen LogP contribution in [0.4, 0.5) is 0 Å². The van der Waals surface area contributed by atoms with Crippen LogP contribution < -0.4 is 0 Å². The van der Waals surface area contributed by atoms with E-state index in [1.165, 1.54) is 19.4 Å². The fourth-order valence-electron chi connectivity index (χ4n) is 1.57. The van der Waals surface area contributed by atoms with E-state index in [1.54, 1.807) is 7.11 Å². The molecule has 0 bridgehead atoms. The number of ether oxygens (including phenoxy) is 1. The normalized spacial score (nSPS) is 26.2. The summed E-state index contributed by atoms with van der Waals surface area (Å²) in [5, 5.41) is 1.11. The molecular formula is C8H16BrNO. The van der Waals surface area contributed by atoms with Crippen LogP contribution in [0.2, 0.25) is 0 Å². The lowest BCUT2D eigenvalue weighted by Crippen LogP contribution is -2.33. The number of likely N-dealkylation sites (tertiary alicyclic amines) is 1. The zero-order valence-corrected chi connectivity index (χ0v) is 8.64. The summed E-state index contributed by atoms with van der Waals surface area (Å²) < 4.78 is 5.04. The summed E-state index contributed by atoms with van der Waals surface area (Å²) in [5.74, 6) is 0. The molecule has 1 fully saturated rings. The lowest BCUT2D eigenvalue weighted by molar-refractivity contribution is 0.146. The van der Waals surface area contributed by atoms with Crippen LogP contribution in [0.5, 0.6) is 0 Å². The van der Waals surface area contributed by atoms with Crippen molar-refractivity contribution in [2.45, 2.75) is 18.9 Å². The van der Waals surface area contributed by atoms with Crippen LogP contribution in [0.1, 0.15) is 12.8 Å². The number of nitrogens with zero attached hydrogens (tertiary/aromatic N) is 1. The molecule has 3 heteroatoms. The van der Waals surface area contributed by atoms with Gasteiger partial charge in [-0.2, -0.15) is 0 Å². The van der Waals surface area contributed by atoms with E-state index in [-0.39, 0.29) is 0 Å². The van der Waals surface area contributed by atoms with Crippen molar-refractivity contribution in [2.24, 2.45) is 0 Å². The van der Waals surface area contributed by atoms with Gasteiger partial charge in [-0.3, -0.25) is 4.90 Å². The van der Waals surface area contributed by atoms with E-state index in [2.05, 4.69) is 20.8 Å². The molecule has 0 aromatic rings. The van der Waals surface area contributed by atoms with Crippen LogP contribution in [0, 0.1) is 0 Å². The first-order valence-corrected chi connectivity index (χ1v) is 5.29. The Balaban J connectivity index is 2.20. The minimum absolute atomic E-state index is 0.755. The van der Waals surface area contributed by atoms with Crippen molar-refractivity contribution in [2.75, 3.05) is 32.1 Å². The van der Waals surface area contributed by atoms with Gasteiger partial charge < -0.3 is 4.74 Å². The molecule has 1 atom stereocenters. The molecule has 1 rings (SSSR count). The van der Waals surface area contributed by atoms with E-state index >= 15 is 0 Å². The van der Waals surface area contributed by atoms with Crippen LogP contribution in [-0.2, 0) is 4.74 Å². The van der Waals surface area contributed by atoms with Crippen LogP contribution in [0.3, 0.4) is 0 Å². The average Bonchev–Trinajstić information content (AvgIpc) is 2.47. The van der Waals surface area contributed by atoms with Crippen LogP contribution in [0.15, 0.2) is 0 Å². The van der Waals surface area contributed by atoms with Gasteiger partial charge in [0.25, 0.3) is 0 Å². The molecule has 0 N–H and O–H groups in total. The number of hydrogen-bond acceptors (Lipinski definition) is 2. The third-order valence-corrected chi connectivity index (χ3v) is 3.01. The van der Waals surface area contributed by atoms with E-state index in [4.69, 9.17) is 4.74 Å². The number of alkyl halides is 1. The second kappa shape index (κ2) is 5.12. The van der Waals surface area contributed by atoms with Gasteiger partial charge in [0.1, 0.15) is 0 Å². The lowest BCUT2D eigenvalue weighted by atomic mass is 10.2. The van der Waals surface area contributed by atoms with Gasteiger partial charge in [-0.25, -0.2) is 0 Å². The zero-order chi connectivity index (χ0) is 8.10. The summed E-state index contributed by atoms with van der Waals surface area (Å²) in [6.07, 6.45) is 2.69. The van der Waals surface area contributed by atoms with Crippen molar-refractivity contribution < 1.29 is 4.74 Å². The van der Waals surface area contributed by atoms with Gasteiger partial charge >= 0.3 is 0 Å². The maximum Gasteiger partial charge on any atom is 0.0589 e. The molecule has 1 heterocycles. The highest BCUT2D eigenvalue weighted by molar-refractivity contribution is 9.09. The van der Waals surface area contributed by atoms with Crippen molar-refractivity contribution in [3.8, 4) is 0 Å². The zero-order valence-electron chi connectivity index (χ0n) is 7.05. The van der Waals surface area contributed by atoms with Crippen LogP contribution >= 0.6 is 15.9 Å². The molecule has 0 saturated carbocycles. The molecule has 1 saturated heterocycles. The summed E-state index contributed by atoms with van der Waals surface area (Å²) in [6.45, 7) is 3.20. The van der Waals surface area contributed by atoms with Crippen molar-refractivity contribution in [1.82, 2.24) is 4.90 Å². The van der Waals surface area contributed by atoms with E-state index in [9.17, 15) is 0 Å². The van der Waals surface area contributed by atoms with Gasteiger partial charge in [0.05, 0.1) is 6.61 Å². The molecule has 1 unspecified atom stereocenters. The summed E-state index contributed by atoms with van der Waals surface area (Å²) in [6, 6.07) is 0.755. The first kappa shape index (κ1) is 9.49. The molecule has 0 aromatic heterocycles. The average molecular weight is 222 g/mol. The van der Waals surface area contributed by atoms with E-state index < -0.39 is 0 Å². The maximum atomic E-state index is 5.04. The van der Waals surface area contributed by atoms with Crippen molar-refractivity contribution in [1.29, 1.82) is 0 Å². The standard InChI is InChI=1S/C8H16BrNO/c1-11-6-5-10-4-2-3-8(10)7-9/h8H,2-7H2,1H3. The van der Waals surface area contributed by atoms with Crippen molar-refractivity contribution in [3.05, 3.63) is 0 Å². The highest BCUT2D eigenvalue weighted by Crippen LogP contribution is 2.17. The fraction of sp³-hybridized carbons (Fsp3) is 1.00. The SMILES string of the molecule is COCCN1CCCC1CBr. The Morgan fingerprint density at radius 3 is 3.09 bits per heavy atom.